The molecule has 1 amide bonds. The van der Waals surface area contributed by atoms with Crippen LogP contribution in [-0.4, -0.2) is 29.6 Å². The molecule has 39 heavy (non-hydrogen) atoms. The van der Waals surface area contributed by atoms with Gasteiger partial charge in [0.2, 0.25) is 5.91 Å². The number of hydrogen-bond acceptors (Lipinski definition) is 5. The molecule has 192 valence electrons. The van der Waals surface area contributed by atoms with E-state index in [0.717, 1.165) is 22.4 Å². The van der Waals surface area contributed by atoms with Crippen LogP contribution in [0.2, 0.25) is 5.02 Å². The number of Topliss-reactive ketones (excluding diaryl/α,β-unsaturated/α-hetero) is 2. The van der Waals surface area contributed by atoms with Gasteiger partial charge in [-0.3, -0.25) is 14.4 Å². The summed E-state index contributed by atoms with van der Waals surface area (Å²) in [7, 11) is 0. The zero-order valence-electron chi connectivity index (χ0n) is 20.9. The summed E-state index contributed by atoms with van der Waals surface area (Å²) in [5.74, 6) is -1.68. The lowest BCUT2D eigenvalue weighted by Gasteiger charge is -2.39. The smallest absolute Gasteiger partial charge is 0.238 e. The number of amides is 1. The first kappa shape index (κ1) is 24.1. The largest absolute Gasteiger partial charge is 0.352 e. The normalized spacial score (nSPS) is 24.6. The Balaban J connectivity index is 1.56. The van der Waals surface area contributed by atoms with E-state index in [-0.39, 0.29) is 17.5 Å². The van der Waals surface area contributed by atoms with E-state index in [9.17, 15) is 14.4 Å². The SMILES string of the molecule is CC1=C[C@@H]2N(c3ccccc31)[C@H](C(=O)c1cccs1)[C@H](C(=O)c1ccc(Cl)cc1)[C@@]21C(=O)Nc2ccccc21. The summed E-state index contributed by atoms with van der Waals surface area (Å²) >= 11 is 7.51. The maximum absolute atomic E-state index is 14.7. The van der Waals surface area contributed by atoms with Gasteiger partial charge in [0.15, 0.2) is 11.6 Å². The molecule has 0 unspecified atom stereocenters. The van der Waals surface area contributed by atoms with E-state index >= 15 is 0 Å². The molecule has 0 aliphatic carbocycles. The molecule has 7 rings (SSSR count). The highest BCUT2D eigenvalue weighted by molar-refractivity contribution is 7.12. The van der Waals surface area contributed by atoms with E-state index < -0.39 is 23.4 Å². The van der Waals surface area contributed by atoms with E-state index in [4.69, 9.17) is 11.6 Å². The predicted molar refractivity (Wildman–Crippen MR) is 155 cm³/mol. The minimum absolute atomic E-state index is 0.167. The average Bonchev–Trinajstić information content (AvgIpc) is 3.66. The number of allylic oxidation sites excluding steroid dienone is 1. The molecule has 1 aromatic heterocycles. The van der Waals surface area contributed by atoms with Gasteiger partial charge < -0.3 is 10.2 Å². The summed E-state index contributed by atoms with van der Waals surface area (Å²) in [6, 6.07) is 24.3. The summed E-state index contributed by atoms with van der Waals surface area (Å²) in [6.45, 7) is 2.02. The molecule has 3 aromatic carbocycles. The molecule has 4 heterocycles. The van der Waals surface area contributed by atoms with Gasteiger partial charge in [0, 0.05) is 27.5 Å². The fourth-order valence-corrected chi connectivity index (χ4v) is 7.57. The first-order valence-electron chi connectivity index (χ1n) is 12.8. The number of nitrogens with one attached hydrogen (secondary N) is 1. The first-order chi connectivity index (χ1) is 18.9. The topological polar surface area (TPSA) is 66.5 Å². The predicted octanol–water partition coefficient (Wildman–Crippen LogP) is 6.65. The molecule has 1 saturated heterocycles. The van der Waals surface area contributed by atoms with Gasteiger partial charge in [-0.1, -0.05) is 60.1 Å². The Morgan fingerprint density at radius 3 is 2.44 bits per heavy atom. The molecule has 3 aliphatic rings. The molecular weight excluding hydrogens is 528 g/mol. The van der Waals surface area contributed by atoms with Gasteiger partial charge in [-0.05, 0) is 65.9 Å². The van der Waals surface area contributed by atoms with Gasteiger partial charge in [-0.15, -0.1) is 11.3 Å². The van der Waals surface area contributed by atoms with Gasteiger partial charge in [-0.25, -0.2) is 0 Å². The second-order valence-electron chi connectivity index (χ2n) is 10.2. The number of nitrogens with zero attached hydrogens (tertiary/aromatic N) is 1. The summed E-state index contributed by atoms with van der Waals surface area (Å²) in [4.78, 5) is 46.1. The Kier molecular flexibility index (Phi) is 5.41. The second kappa shape index (κ2) is 8.76. The van der Waals surface area contributed by atoms with E-state index in [1.807, 2.05) is 71.8 Å². The molecule has 0 radical (unpaired) electrons. The van der Waals surface area contributed by atoms with Crippen LogP contribution in [0, 0.1) is 5.92 Å². The molecule has 1 fully saturated rings. The van der Waals surface area contributed by atoms with Crippen LogP contribution in [0.4, 0.5) is 11.4 Å². The number of carbonyl (C=O) groups excluding carboxylic acids is 3. The number of thiophene rings is 1. The van der Waals surface area contributed by atoms with Crippen molar-refractivity contribution >= 4 is 57.4 Å². The van der Waals surface area contributed by atoms with Crippen LogP contribution in [0.15, 0.2) is 96.4 Å². The number of fused-ring (bicyclic) bond motifs is 6. The molecule has 4 atom stereocenters. The first-order valence-corrected chi connectivity index (χ1v) is 14.0. The van der Waals surface area contributed by atoms with E-state index in [2.05, 4.69) is 11.4 Å². The number of hydrogen-bond donors (Lipinski definition) is 1. The lowest BCUT2D eigenvalue weighted by molar-refractivity contribution is -0.121. The van der Waals surface area contributed by atoms with Crippen molar-refractivity contribution in [1.29, 1.82) is 0 Å². The molecule has 5 nitrogen and oxygen atoms in total. The second-order valence-corrected chi connectivity index (χ2v) is 11.6. The van der Waals surface area contributed by atoms with Crippen LogP contribution in [0.25, 0.3) is 5.57 Å². The molecule has 4 aromatic rings. The van der Waals surface area contributed by atoms with Crippen molar-refractivity contribution in [3.63, 3.8) is 0 Å². The van der Waals surface area contributed by atoms with Crippen LogP contribution >= 0.6 is 22.9 Å². The zero-order chi connectivity index (χ0) is 26.9. The van der Waals surface area contributed by atoms with Gasteiger partial charge in [0.1, 0.15) is 11.5 Å². The minimum atomic E-state index is -1.32. The van der Waals surface area contributed by atoms with E-state index in [0.29, 0.717) is 21.2 Å². The van der Waals surface area contributed by atoms with Crippen molar-refractivity contribution in [2.24, 2.45) is 5.92 Å². The number of para-hydroxylation sites is 2. The molecule has 1 N–H and O–H groups in total. The number of rotatable bonds is 4. The molecule has 3 aliphatic heterocycles. The highest BCUT2D eigenvalue weighted by Crippen LogP contribution is 2.58. The third-order valence-electron chi connectivity index (χ3n) is 8.33. The summed E-state index contributed by atoms with van der Waals surface area (Å²) in [5.41, 5.74) is 3.34. The molecule has 0 saturated carbocycles. The zero-order valence-corrected chi connectivity index (χ0v) is 22.5. The van der Waals surface area contributed by atoms with Gasteiger partial charge in [-0.2, -0.15) is 0 Å². The Hall–Kier alpha value is -4.00. The molecule has 7 heteroatoms. The van der Waals surface area contributed by atoms with Gasteiger partial charge in [0.05, 0.1) is 16.8 Å². The standard InChI is InChI=1S/C32H23ClN2O3S/c1-18-17-26-32(22-8-3-4-9-23(22)34-31(32)38)27(29(36)19-12-14-20(33)15-13-19)28(30(37)25-11-6-16-39-25)35(26)24-10-5-2-7-21(18)24/h2-17,26-28H,1H3,(H,34,38)/t26-,27+,28-,32-/m0/s1. The third kappa shape index (κ3) is 3.28. The van der Waals surface area contributed by atoms with Crippen molar-refractivity contribution in [3.8, 4) is 0 Å². The maximum Gasteiger partial charge on any atom is 0.238 e. The van der Waals surface area contributed by atoms with Crippen LogP contribution in [0.5, 0.6) is 0 Å². The highest BCUT2D eigenvalue weighted by Gasteiger charge is 2.70. The molecule has 0 bridgehead atoms. The number of ketones is 2. The lowest BCUT2D eigenvalue weighted by Crippen LogP contribution is -2.51. The number of halogens is 1. The Bertz CT molecular complexity index is 1690. The molecular formula is C32H23ClN2O3S. The number of benzene rings is 3. The summed E-state index contributed by atoms with van der Waals surface area (Å²) < 4.78 is 0. The van der Waals surface area contributed by atoms with Gasteiger partial charge >= 0.3 is 0 Å². The monoisotopic (exact) mass is 550 g/mol. The highest BCUT2D eigenvalue weighted by atomic mass is 35.5. The van der Waals surface area contributed by atoms with Crippen LogP contribution in [0.1, 0.15) is 38.1 Å². The summed E-state index contributed by atoms with van der Waals surface area (Å²) in [6.07, 6.45) is 2.06. The van der Waals surface area contributed by atoms with E-state index in [1.54, 1.807) is 30.3 Å². The number of carbonyl (C=O) groups is 3. The maximum atomic E-state index is 14.7. The summed E-state index contributed by atoms with van der Waals surface area (Å²) in [5, 5.41) is 5.43. The van der Waals surface area contributed by atoms with Crippen LogP contribution < -0.4 is 10.2 Å². The van der Waals surface area contributed by atoms with Crippen LogP contribution in [0.3, 0.4) is 0 Å². The van der Waals surface area contributed by atoms with Crippen molar-refractivity contribution < 1.29 is 14.4 Å². The quantitative estimate of drug-likeness (QED) is 0.289. The average molecular weight is 551 g/mol. The minimum Gasteiger partial charge on any atom is -0.352 e. The Morgan fingerprint density at radius 2 is 1.67 bits per heavy atom. The Morgan fingerprint density at radius 1 is 0.923 bits per heavy atom. The molecule has 1 spiro atoms. The van der Waals surface area contributed by atoms with Gasteiger partial charge in [0.25, 0.3) is 0 Å². The fourth-order valence-electron chi connectivity index (χ4n) is 6.75. The van der Waals surface area contributed by atoms with Crippen LogP contribution in [-0.2, 0) is 10.2 Å². The van der Waals surface area contributed by atoms with E-state index in [1.165, 1.54) is 11.3 Å². The van der Waals surface area contributed by atoms with Crippen molar-refractivity contribution in [1.82, 2.24) is 0 Å². The Labute approximate surface area is 234 Å². The fraction of sp³-hybridized carbons (Fsp3) is 0.156. The third-order valence-corrected chi connectivity index (χ3v) is 9.46. The van der Waals surface area contributed by atoms with Crippen molar-refractivity contribution in [3.05, 3.63) is 123 Å². The lowest BCUT2D eigenvalue weighted by atomic mass is 9.64. The van der Waals surface area contributed by atoms with Crippen molar-refractivity contribution in [2.75, 3.05) is 10.2 Å². The van der Waals surface area contributed by atoms with Crippen molar-refractivity contribution in [2.45, 2.75) is 24.4 Å². The number of anilines is 2.